The molecule has 6 heteroatoms. The maximum Gasteiger partial charge on any atom is 0.500 e. The fourth-order valence-corrected chi connectivity index (χ4v) is 11.6. The van der Waals surface area contributed by atoms with Crippen LogP contribution in [0.5, 0.6) is 0 Å². The minimum absolute atomic E-state index is 0.913. The molecule has 0 heterocycles. The second-order valence-corrected chi connectivity index (χ2v) is 18.3. The molecule has 0 atom stereocenters. The Hall–Kier alpha value is 0.487. The Morgan fingerprint density at radius 1 is 0.459 bits per heavy atom. The van der Waals surface area contributed by atoms with Crippen molar-refractivity contribution in [1.82, 2.24) is 5.09 Å². The molecule has 0 aromatic rings. The lowest BCUT2D eigenvalue weighted by atomic mass is 10.1. The minimum Gasteiger partial charge on any atom is -0.377 e. The van der Waals surface area contributed by atoms with E-state index < -0.39 is 16.2 Å². The van der Waals surface area contributed by atoms with Crippen LogP contribution >= 0.6 is 7.41 Å². The molecule has 0 aliphatic carbocycles. The van der Waals surface area contributed by atoms with Crippen molar-refractivity contribution in [1.29, 1.82) is 0 Å². The minimum atomic E-state index is -2.44. The molecule has 0 spiro atoms. The van der Waals surface area contributed by atoms with Gasteiger partial charge in [-0.3, -0.25) is 5.09 Å². The fraction of sp³-hybridized carbons (Fsp3) is 1.00. The average molecular weight is 563 g/mol. The molecule has 0 amide bonds. The molecule has 37 heavy (non-hydrogen) atoms. The Morgan fingerprint density at radius 2 is 0.811 bits per heavy atom. The van der Waals surface area contributed by atoms with E-state index >= 15 is 0 Å². The third kappa shape index (κ3) is 20.1. The summed E-state index contributed by atoms with van der Waals surface area (Å²) < 4.78 is 16.9. The Morgan fingerprint density at radius 3 is 1.16 bits per heavy atom. The maximum atomic E-state index is 5.64. The van der Waals surface area contributed by atoms with E-state index in [1.807, 2.05) is 0 Å². The van der Waals surface area contributed by atoms with Gasteiger partial charge in [0, 0.05) is 27.4 Å². The Kier molecular flexibility index (Phi) is 27.0. The number of nitrogens with one attached hydrogen (secondary N) is 1. The molecule has 4 nitrogen and oxygen atoms in total. The van der Waals surface area contributed by atoms with E-state index in [1.54, 1.807) is 21.3 Å². The van der Waals surface area contributed by atoms with Gasteiger partial charge in [-0.25, -0.2) is 0 Å². The molecular formula is C31H69NO3PSi. The van der Waals surface area contributed by atoms with E-state index in [-0.39, 0.29) is 0 Å². The zero-order valence-corrected chi connectivity index (χ0v) is 28.2. The fourth-order valence-electron chi connectivity index (χ4n) is 5.50. The maximum absolute atomic E-state index is 5.64. The Labute approximate surface area is 235 Å². The smallest absolute Gasteiger partial charge is 0.377 e. The normalized spacial score (nSPS) is 12.5. The largest absolute Gasteiger partial charge is 0.500 e. The average Bonchev–Trinajstić information content (AvgIpc) is 2.92. The van der Waals surface area contributed by atoms with E-state index in [4.69, 9.17) is 13.3 Å². The Balaban J connectivity index is 5.00. The molecule has 0 unspecified atom stereocenters. The highest BCUT2D eigenvalue weighted by molar-refractivity contribution is 7.74. The first-order valence-electron chi connectivity index (χ1n) is 16.3. The Bertz CT molecular complexity index is 417. The van der Waals surface area contributed by atoms with E-state index in [0.717, 1.165) is 19.0 Å². The zero-order valence-electron chi connectivity index (χ0n) is 26.3. The number of hydrogen-bond donors (Lipinski definition) is 1. The topological polar surface area (TPSA) is 39.7 Å². The molecule has 0 saturated carbocycles. The van der Waals surface area contributed by atoms with Gasteiger partial charge in [-0.05, 0) is 57.1 Å². The van der Waals surface area contributed by atoms with E-state index in [0.29, 0.717) is 0 Å². The van der Waals surface area contributed by atoms with E-state index in [1.165, 1.54) is 140 Å². The quantitative estimate of drug-likeness (QED) is 0.0537. The van der Waals surface area contributed by atoms with Crippen molar-refractivity contribution in [2.45, 2.75) is 155 Å². The van der Waals surface area contributed by atoms with Gasteiger partial charge in [0.1, 0.15) is 0 Å². The molecule has 1 radical (unpaired) electrons. The van der Waals surface area contributed by atoms with Crippen LogP contribution in [-0.4, -0.2) is 55.2 Å². The van der Waals surface area contributed by atoms with Crippen LogP contribution in [0.1, 0.15) is 149 Å². The summed E-state index contributed by atoms with van der Waals surface area (Å²) in [7, 11) is 1.65. The first kappa shape index (κ1) is 37.5. The van der Waals surface area contributed by atoms with Crippen LogP contribution in [0.3, 0.4) is 0 Å². The highest BCUT2D eigenvalue weighted by Crippen LogP contribution is 2.57. The summed E-state index contributed by atoms with van der Waals surface area (Å²) in [5.74, 6) is 0. The van der Waals surface area contributed by atoms with Crippen LogP contribution < -0.4 is 5.09 Å². The number of unbranched alkanes of at least 4 members (excludes halogenated alkanes) is 16. The van der Waals surface area contributed by atoms with Gasteiger partial charge < -0.3 is 13.3 Å². The predicted octanol–water partition coefficient (Wildman–Crippen LogP) is 10.2. The van der Waals surface area contributed by atoms with Crippen LogP contribution in [0.2, 0.25) is 6.04 Å². The lowest BCUT2D eigenvalue weighted by Crippen LogP contribution is -2.42. The summed E-state index contributed by atoms with van der Waals surface area (Å²) >= 11 is 0. The summed E-state index contributed by atoms with van der Waals surface area (Å²) in [6, 6.07) is 0.913. The van der Waals surface area contributed by atoms with Crippen molar-refractivity contribution >= 4 is 16.2 Å². The van der Waals surface area contributed by atoms with Crippen LogP contribution in [-0.2, 0) is 13.3 Å². The van der Waals surface area contributed by atoms with Crippen molar-refractivity contribution < 1.29 is 13.3 Å². The summed E-state index contributed by atoms with van der Waals surface area (Å²) in [5, 5.41) is 4.28. The van der Waals surface area contributed by atoms with Gasteiger partial charge in [0.2, 0.25) is 0 Å². The molecule has 0 aliphatic rings. The van der Waals surface area contributed by atoms with Gasteiger partial charge in [-0.15, -0.1) is 0 Å². The van der Waals surface area contributed by atoms with Crippen molar-refractivity contribution in [3.8, 4) is 0 Å². The number of rotatable bonds is 30. The lowest BCUT2D eigenvalue weighted by molar-refractivity contribution is 0.123. The molecule has 0 rings (SSSR count). The van der Waals surface area contributed by atoms with E-state index in [2.05, 4.69) is 25.9 Å². The summed E-state index contributed by atoms with van der Waals surface area (Å²) in [4.78, 5) is 0. The van der Waals surface area contributed by atoms with Crippen molar-refractivity contribution in [2.75, 3.05) is 46.4 Å². The van der Waals surface area contributed by atoms with Crippen molar-refractivity contribution in [2.24, 2.45) is 0 Å². The van der Waals surface area contributed by atoms with Gasteiger partial charge in [0.25, 0.3) is 0 Å². The van der Waals surface area contributed by atoms with Crippen LogP contribution in [0.15, 0.2) is 0 Å². The molecule has 0 aliphatic heterocycles. The standard InChI is InChI=1S/C31H69NO3PSi/c1-7-10-13-16-19-23-28-36(29-24-20-17-14-11-8-2,30-25-21-18-15-12-9-3)32-27-22-26-31-37(33-4,34-5)35-6/h32H,7-31H2,1-6H3. The van der Waals surface area contributed by atoms with Crippen molar-refractivity contribution in [3.63, 3.8) is 0 Å². The summed E-state index contributed by atoms with van der Waals surface area (Å²) in [6.45, 7) is 8.11. The predicted molar refractivity (Wildman–Crippen MR) is 170 cm³/mol. The van der Waals surface area contributed by atoms with Crippen LogP contribution in [0.4, 0.5) is 0 Å². The van der Waals surface area contributed by atoms with Gasteiger partial charge >= 0.3 is 8.80 Å². The molecule has 0 saturated heterocycles. The van der Waals surface area contributed by atoms with Gasteiger partial charge in [-0.1, -0.05) is 124 Å². The highest BCUT2D eigenvalue weighted by Gasteiger charge is 2.36. The van der Waals surface area contributed by atoms with Crippen LogP contribution in [0.25, 0.3) is 0 Å². The molecule has 0 fully saturated rings. The molecule has 225 valence electrons. The second kappa shape index (κ2) is 26.7. The summed E-state index contributed by atoms with van der Waals surface area (Å²) in [6.07, 6.45) is 32.1. The highest BCUT2D eigenvalue weighted by atomic mass is 31.2. The van der Waals surface area contributed by atoms with Crippen LogP contribution in [0, 0.1) is 0 Å². The molecular weight excluding hydrogens is 493 g/mol. The summed E-state index contributed by atoms with van der Waals surface area (Å²) in [5.41, 5.74) is 0. The first-order chi connectivity index (χ1) is 18.1. The SMILES string of the molecule is CCCCCCCC[P](CCCCCCCC)(CCCCCCCC)NCCCC[Si](OC)(OC)OC. The molecule has 0 aromatic heterocycles. The second-order valence-electron chi connectivity index (χ2n) is 11.3. The molecule has 0 aromatic carbocycles. The van der Waals surface area contributed by atoms with Gasteiger partial charge in [0.15, 0.2) is 0 Å². The first-order valence-corrected chi connectivity index (χ1v) is 20.6. The zero-order chi connectivity index (χ0) is 27.5. The van der Waals surface area contributed by atoms with Gasteiger partial charge in [0.05, 0.1) is 0 Å². The number of hydrogen-bond acceptors (Lipinski definition) is 4. The molecule has 0 bridgehead atoms. The molecule has 1 N–H and O–H groups in total. The third-order valence-electron chi connectivity index (χ3n) is 8.11. The van der Waals surface area contributed by atoms with E-state index in [9.17, 15) is 0 Å². The lowest BCUT2D eigenvalue weighted by Gasteiger charge is -2.39. The van der Waals surface area contributed by atoms with Crippen molar-refractivity contribution in [3.05, 3.63) is 0 Å². The van der Waals surface area contributed by atoms with Gasteiger partial charge in [-0.2, -0.15) is 0 Å². The monoisotopic (exact) mass is 562 g/mol. The third-order valence-corrected chi connectivity index (χ3v) is 15.4.